The Bertz CT molecular complexity index is 867. The first-order chi connectivity index (χ1) is 10.6. The Balaban J connectivity index is 1.81. The number of benzene rings is 1. The highest BCUT2D eigenvalue weighted by Gasteiger charge is 2.07. The fourth-order valence-electron chi connectivity index (χ4n) is 2.20. The number of nitrogens with one attached hydrogen (secondary N) is 1. The Labute approximate surface area is 133 Å². The molecule has 0 aliphatic rings. The first-order valence-electron chi connectivity index (χ1n) is 6.82. The van der Waals surface area contributed by atoms with Crippen molar-refractivity contribution in [2.45, 2.75) is 6.92 Å². The molecule has 0 saturated heterocycles. The molecule has 0 bridgehead atoms. The fourth-order valence-corrected chi connectivity index (χ4v) is 2.44. The van der Waals surface area contributed by atoms with Crippen LogP contribution in [0.4, 0.5) is 5.69 Å². The van der Waals surface area contributed by atoms with E-state index < -0.39 is 0 Å². The Morgan fingerprint density at radius 1 is 1.27 bits per heavy atom. The molecule has 22 heavy (non-hydrogen) atoms. The number of carbonyl (C=O) groups is 1. The maximum Gasteiger partial charge on any atom is 0.248 e. The number of nitrogens with zero attached hydrogens (tertiary/aromatic N) is 2. The summed E-state index contributed by atoms with van der Waals surface area (Å²) in [5.41, 5.74) is 3.27. The van der Waals surface area contributed by atoms with Gasteiger partial charge in [0.1, 0.15) is 5.65 Å². The molecule has 0 fully saturated rings. The van der Waals surface area contributed by atoms with E-state index in [1.165, 1.54) is 6.08 Å². The molecule has 0 saturated carbocycles. The van der Waals surface area contributed by atoms with Gasteiger partial charge in [0.25, 0.3) is 0 Å². The van der Waals surface area contributed by atoms with Crippen LogP contribution in [0, 0.1) is 6.92 Å². The van der Waals surface area contributed by atoms with Gasteiger partial charge in [-0.15, -0.1) is 0 Å². The first-order valence-corrected chi connectivity index (χ1v) is 7.19. The third-order valence-electron chi connectivity index (χ3n) is 3.20. The second kappa shape index (κ2) is 6.03. The van der Waals surface area contributed by atoms with E-state index in [1.54, 1.807) is 6.08 Å². The van der Waals surface area contributed by atoms with Crippen molar-refractivity contribution in [1.82, 2.24) is 9.38 Å². The van der Waals surface area contributed by atoms with Crippen LogP contribution in [0.5, 0.6) is 0 Å². The number of aromatic nitrogens is 2. The molecular weight excluding hydrogens is 298 g/mol. The average Bonchev–Trinajstić information content (AvgIpc) is 2.80. The van der Waals surface area contributed by atoms with Crippen LogP contribution in [0.25, 0.3) is 11.7 Å². The van der Waals surface area contributed by atoms with Crippen molar-refractivity contribution in [2.24, 2.45) is 0 Å². The molecule has 0 aliphatic heterocycles. The summed E-state index contributed by atoms with van der Waals surface area (Å²) in [6.07, 6.45) is 4.96. The quantitative estimate of drug-likeness (QED) is 0.744. The zero-order valence-electron chi connectivity index (χ0n) is 12.0. The topological polar surface area (TPSA) is 46.4 Å². The minimum absolute atomic E-state index is 0.215. The number of amides is 1. The van der Waals surface area contributed by atoms with Gasteiger partial charge in [-0.3, -0.25) is 9.20 Å². The molecule has 4 nitrogen and oxygen atoms in total. The van der Waals surface area contributed by atoms with Crippen LogP contribution in [0.3, 0.4) is 0 Å². The first kappa shape index (κ1) is 14.4. The van der Waals surface area contributed by atoms with Crippen LogP contribution in [0.2, 0.25) is 5.15 Å². The number of pyridine rings is 1. The molecule has 110 valence electrons. The highest BCUT2D eigenvalue weighted by molar-refractivity contribution is 6.31. The highest BCUT2D eigenvalue weighted by atomic mass is 35.5. The Hall–Kier alpha value is -2.59. The van der Waals surface area contributed by atoms with Crippen LogP contribution in [-0.2, 0) is 4.79 Å². The lowest BCUT2D eigenvalue weighted by Crippen LogP contribution is -2.07. The maximum atomic E-state index is 12.0. The van der Waals surface area contributed by atoms with Gasteiger partial charge in [-0.2, -0.15) is 0 Å². The zero-order chi connectivity index (χ0) is 15.5. The third kappa shape index (κ3) is 3.02. The molecule has 3 rings (SSSR count). The summed E-state index contributed by atoms with van der Waals surface area (Å²) in [4.78, 5) is 16.2. The molecule has 0 radical (unpaired) electrons. The molecule has 0 atom stereocenters. The summed E-state index contributed by atoms with van der Waals surface area (Å²) < 4.78 is 1.83. The smallest absolute Gasteiger partial charge is 0.248 e. The van der Waals surface area contributed by atoms with Crippen molar-refractivity contribution in [3.63, 3.8) is 0 Å². The molecule has 0 unspecified atom stereocenters. The molecule has 2 heterocycles. The van der Waals surface area contributed by atoms with Crippen molar-refractivity contribution in [3.8, 4) is 0 Å². The third-order valence-corrected chi connectivity index (χ3v) is 3.48. The summed E-state index contributed by atoms with van der Waals surface area (Å²) in [6, 6.07) is 13.3. The number of hydrogen-bond donors (Lipinski definition) is 1. The second-order valence-corrected chi connectivity index (χ2v) is 5.27. The molecule has 1 aromatic carbocycles. The van der Waals surface area contributed by atoms with Crippen LogP contribution in [-0.4, -0.2) is 15.3 Å². The highest BCUT2D eigenvalue weighted by Crippen LogP contribution is 2.19. The van der Waals surface area contributed by atoms with Gasteiger partial charge >= 0.3 is 0 Å². The number of carbonyl (C=O) groups excluding carboxylic acids is 1. The van der Waals surface area contributed by atoms with E-state index in [9.17, 15) is 4.79 Å². The summed E-state index contributed by atoms with van der Waals surface area (Å²) in [5.74, 6) is -0.215. The van der Waals surface area contributed by atoms with Crippen molar-refractivity contribution < 1.29 is 4.79 Å². The van der Waals surface area contributed by atoms with Crippen molar-refractivity contribution >= 4 is 34.9 Å². The standard InChI is InChI=1S/C17H14ClN3O/c1-12-5-4-6-13(11-12)19-16(22)9-8-14-17(18)20-15-7-2-3-10-21(14)15/h2-11H,1H3,(H,19,22)/b9-8+. The minimum atomic E-state index is -0.215. The molecule has 2 aromatic heterocycles. The van der Waals surface area contributed by atoms with E-state index in [2.05, 4.69) is 10.3 Å². The minimum Gasteiger partial charge on any atom is -0.323 e. The van der Waals surface area contributed by atoms with E-state index in [1.807, 2.05) is 60.0 Å². The monoisotopic (exact) mass is 311 g/mol. The lowest BCUT2D eigenvalue weighted by Gasteiger charge is -2.02. The number of fused-ring (bicyclic) bond motifs is 1. The summed E-state index contributed by atoms with van der Waals surface area (Å²) >= 11 is 6.12. The number of halogens is 1. The van der Waals surface area contributed by atoms with Crippen LogP contribution in [0.15, 0.2) is 54.7 Å². The summed E-state index contributed by atoms with van der Waals surface area (Å²) in [6.45, 7) is 1.98. The van der Waals surface area contributed by atoms with Crippen molar-refractivity contribution in [1.29, 1.82) is 0 Å². The van der Waals surface area contributed by atoms with Gasteiger partial charge in [0.2, 0.25) is 5.91 Å². The Morgan fingerprint density at radius 2 is 2.14 bits per heavy atom. The van der Waals surface area contributed by atoms with Gasteiger partial charge in [-0.25, -0.2) is 4.98 Å². The number of hydrogen-bond acceptors (Lipinski definition) is 2. The molecule has 3 aromatic rings. The molecule has 5 heteroatoms. The van der Waals surface area contributed by atoms with Crippen LogP contribution < -0.4 is 5.32 Å². The Morgan fingerprint density at radius 3 is 2.95 bits per heavy atom. The van der Waals surface area contributed by atoms with Crippen molar-refractivity contribution in [3.05, 3.63) is 71.1 Å². The van der Waals surface area contributed by atoms with Crippen molar-refractivity contribution in [2.75, 3.05) is 5.32 Å². The maximum absolute atomic E-state index is 12.0. The van der Waals surface area contributed by atoms with Gasteiger partial charge in [-0.05, 0) is 42.8 Å². The second-order valence-electron chi connectivity index (χ2n) is 4.91. The summed E-state index contributed by atoms with van der Waals surface area (Å²) in [7, 11) is 0. The Kier molecular flexibility index (Phi) is 3.94. The number of imidazole rings is 1. The molecule has 0 aliphatic carbocycles. The van der Waals surface area contributed by atoms with E-state index in [-0.39, 0.29) is 5.91 Å². The van der Waals surface area contributed by atoms with E-state index >= 15 is 0 Å². The van der Waals surface area contributed by atoms with Gasteiger partial charge in [-0.1, -0.05) is 29.8 Å². The zero-order valence-corrected chi connectivity index (χ0v) is 12.7. The number of rotatable bonds is 3. The fraction of sp³-hybridized carbons (Fsp3) is 0.0588. The molecular formula is C17H14ClN3O. The largest absolute Gasteiger partial charge is 0.323 e. The molecule has 1 N–H and O–H groups in total. The van der Waals surface area contributed by atoms with Gasteiger partial charge < -0.3 is 5.32 Å². The molecule has 0 spiro atoms. The van der Waals surface area contributed by atoms with E-state index in [0.29, 0.717) is 10.8 Å². The predicted molar refractivity (Wildman–Crippen MR) is 89.0 cm³/mol. The van der Waals surface area contributed by atoms with E-state index in [0.717, 1.165) is 16.9 Å². The summed E-state index contributed by atoms with van der Waals surface area (Å²) in [5, 5.41) is 3.18. The lowest BCUT2D eigenvalue weighted by atomic mass is 10.2. The average molecular weight is 312 g/mol. The van der Waals surface area contributed by atoms with Crippen LogP contribution >= 0.6 is 11.6 Å². The van der Waals surface area contributed by atoms with Gasteiger partial charge in [0.05, 0.1) is 5.69 Å². The lowest BCUT2D eigenvalue weighted by molar-refractivity contribution is -0.111. The number of anilines is 1. The SMILES string of the molecule is Cc1cccc(NC(=O)/C=C/c2c(Cl)nc3ccccn23)c1. The molecule has 1 amide bonds. The normalized spacial score (nSPS) is 11.2. The van der Waals surface area contributed by atoms with E-state index in [4.69, 9.17) is 11.6 Å². The predicted octanol–water partition coefficient (Wildman–Crippen LogP) is 3.95. The van der Waals surface area contributed by atoms with Gasteiger partial charge in [0.15, 0.2) is 5.15 Å². The van der Waals surface area contributed by atoms with Gasteiger partial charge in [0, 0.05) is 18.0 Å². The van der Waals surface area contributed by atoms with Crippen LogP contribution in [0.1, 0.15) is 11.3 Å². The number of aryl methyl sites for hydroxylation is 1.